The molecule has 3 amide bonds. The zero-order valence-electron chi connectivity index (χ0n) is 22.3. The molecule has 204 valence electrons. The van der Waals surface area contributed by atoms with E-state index in [4.69, 9.17) is 0 Å². The fourth-order valence-corrected chi connectivity index (χ4v) is 4.59. The van der Waals surface area contributed by atoms with E-state index in [1.807, 2.05) is 30.3 Å². The molecule has 7 nitrogen and oxygen atoms in total. The van der Waals surface area contributed by atoms with Crippen LogP contribution in [0.3, 0.4) is 0 Å². The molecular weight excluding hydrogens is 483 g/mol. The molecule has 2 aromatic carbocycles. The summed E-state index contributed by atoms with van der Waals surface area (Å²) in [5, 5.41) is 7.00. The Morgan fingerprint density at radius 2 is 1.68 bits per heavy atom. The second kappa shape index (κ2) is 15.6. The highest BCUT2D eigenvalue weighted by Gasteiger charge is 2.28. The van der Waals surface area contributed by atoms with Crippen LogP contribution >= 0.6 is 0 Å². The largest absolute Gasteiger partial charge is 0.346 e. The second-order valence-electron chi connectivity index (χ2n) is 9.76. The van der Waals surface area contributed by atoms with Crippen LogP contribution in [0.25, 0.3) is 0 Å². The Labute approximate surface area is 224 Å². The SMILES string of the molecule is CCCCCCCCC(=O)N1CCCC(C(=O)N/N=C(/CNC(=O)c2ccccc2F)c2ccccc2)C1. The van der Waals surface area contributed by atoms with Gasteiger partial charge in [-0.25, -0.2) is 9.82 Å². The third-order valence-corrected chi connectivity index (χ3v) is 6.83. The molecule has 1 unspecified atom stereocenters. The lowest BCUT2D eigenvalue weighted by atomic mass is 9.97. The summed E-state index contributed by atoms with van der Waals surface area (Å²) in [4.78, 5) is 40.0. The fourth-order valence-electron chi connectivity index (χ4n) is 4.59. The number of hydrogen-bond donors (Lipinski definition) is 2. The summed E-state index contributed by atoms with van der Waals surface area (Å²) in [5.74, 6) is -1.65. The van der Waals surface area contributed by atoms with Crippen LogP contribution in [0.5, 0.6) is 0 Å². The summed E-state index contributed by atoms with van der Waals surface area (Å²) < 4.78 is 14.0. The maximum Gasteiger partial charge on any atom is 0.254 e. The summed E-state index contributed by atoms with van der Waals surface area (Å²) in [7, 11) is 0. The first-order chi connectivity index (χ1) is 18.5. The first-order valence-electron chi connectivity index (χ1n) is 13.7. The van der Waals surface area contributed by atoms with E-state index in [0.717, 1.165) is 31.2 Å². The van der Waals surface area contributed by atoms with Crippen molar-refractivity contribution in [1.29, 1.82) is 0 Å². The number of carbonyl (C=O) groups is 3. The van der Waals surface area contributed by atoms with Gasteiger partial charge in [0, 0.05) is 19.5 Å². The van der Waals surface area contributed by atoms with Crippen LogP contribution in [0.2, 0.25) is 0 Å². The van der Waals surface area contributed by atoms with E-state index < -0.39 is 11.7 Å². The molecule has 0 radical (unpaired) electrons. The number of nitrogens with one attached hydrogen (secondary N) is 2. The van der Waals surface area contributed by atoms with E-state index in [1.165, 1.54) is 37.5 Å². The highest BCUT2D eigenvalue weighted by Crippen LogP contribution is 2.19. The highest BCUT2D eigenvalue weighted by molar-refractivity contribution is 6.05. The van der Waals surface area contributed by atoms with Crippen LogP contribution in [-0.4, -0.2) is 48.0 Å². The number of benzene rings is 2. The van der Waals surface area contributed by atoms with Gasteiger partial charge in [0.25, 0.3) is 5.91 Å². The Balaban J connectivity index is 1.56. The monoisotopic (exact) mass is 522 g/mol. The van der Waals surface area contributed by atoms with E-state index in [-0.39, 0.29) is 29.8 Å². The molecule has 1 aliphatic heterocycles. The number of nitrogens with zero attached hydrogens (tertiary/aromatic N) is 2. The van der Waals surface area contributed by atoms with Gasteiger partial charge in [0.2, 0.25) is 11.8 Å². The number of piperidine rings is 1. The van der Waals surface area contributed by atoms with Crippen molar-refractivity contribution in [1.82, 2.24) is 15.6 Å². The Bertz CT molecular complexity index is 1090. The number of amides is 3. The number of carbonyl (C=O) groups excluding carboxylic acids is 3. The zero-order valence-corrected chi connectivity index (χ0v) is 22.3. The highest BCUT2D eigenvalue weighted by atomic mass is 19.1. The number of likely N-dealkylation sites (tertiary alicyclic amines) is 1. The van der Waals surface area contributed by atoms with Crippen molar-refractivity contribution in [2.75, 3.05) is 19.6 Å². The molecule has 8 heteroatoms. The van der Waals surface area contributed by atoms with Gasteiger partial charge in [0.1, 0.15) is 5.82 Å². The second-order valence-corrected chi connectivity index (χ2v) is 9.76. The normalized spacial score (nSPS) is 15.7. The van der Waals surface area contributed by atoms with Gasteiger partial charge >= 0.3 is 0 Å². The Morgan fingerprint density at radius 1 is 0.974 bits per heavy atom. The predicted octanol–water partition coefficient (Wildman–Crippen LogP) is 5.07. The summed E-state index contributed by atoms with van der Waals surface area (Å²) in [6, 6.07) is 14.9. The number of unbranched alkanes of at least 4 members (excludes halogenated alkanes) is 5. The van der Waals surface area contributed by atoms with Gasteiger partial charge in [0.05, 0.1) is 23.7 Å². The third kappa shape index (κ3) is 9.08. The molecule has 1 heterocycles. The number of hydrogen-bond acceptors (Lipinski definition) is 4. The molecule has 1 fully saturated rings. The molecule has 2 aromatic rings. The summed E-state index contributed by atoms with van der Waals surface area (Å²) in [6.07, 6.45) is 8.76. The van der Waals surface area contributed by atoms with Crippen LogP contribution < -0.4 is 10.7 Å². The van der Waals surface area contributed by atoms with Crippen molar-refractivity contribution < 1.29 is 18.8 Å². The molecule has 0 aromatic heterocycles. The Morgan fingerprint density at radius 3 is 2.45 bits per heavy atom. The van der Waals surface area contributed by atoms with Crippen LogP contribution in [0.1, 0.15) is 80.6 Å². The van der Waals surface area contributed by atoms with Gasteiger partial charge in [-0.3, -0.25) is 14.4 Å². The van der Waals surface area contributed by atoms with Crippen molar-refractivity contribution in [3.63, 3.8) is 0 Å². The zero-order chi connectivity index (χ0) is 27.2. The minimum absolute atomic E-state index is 0.00495. The van der Waals surface area contributed by atoms with Gasteiger partial charge in [-0.1, -0.05) is 81.5 Å². The lowest BCUT2D eigenvalue weighted by Crippen LogP contribution is -2.45. The minimum atomic E-state index is -0.607. The molecule has 1 saturated heterocycles. The van der Waals surface area contributed by atoms with E-state index >= 15 is 0 Å². The summed E-state index contributed by atoms with van der Waals surface area (Å²) in [6.45, 7) is 3.26. The van der Waals surface area contributed by atoms with Crippen molar-refractivity contribution in [2.45, 2.75) is 64.7 Å². The standard InChI is InChI=1S/C30H39FN4O3/c1-2-3-4-5-6-10-19-28(36)35-20-13-16-24(22-35)29(37)34-33-27(23-14-8-7-9-15-23)21-32-30(38)25-17-11-12-18-26(25)31/h7-9,11-12,14-15,17-18,24H,2-6,10,13,16,19-22H2,1H3,(H,32,38)(H,34,37)/b33-27-. The minimum Gasteiger partial charge on any atom is -0.346 e. The molecular formula is C30H39FN4O3. The first-order valence-corrected chi connectivity index (χ1v) is 13.7. The van der Waals surface area contributed by atoms with Crippen molar-refractivity contribution >= 4 is 23.4 Å². The number of halogens is 1. The van der Waals surface area contributed by atoms with Crippen LogP contribution in [0.4, 0.5) is 4.39 Å². The van der Waals surface area contributed by atoms with Crippen LogP contribution in [0.15, 0.2) is 59.7 Å². The maximum absolute atomic E-state index is 14.0. The smallest absolute Gasteiger partial charge is 0.254 e. The lowest BCUT2D eigenvalue weighted by Gasteiger charge is -2.31. The molecule has 0 spiro atoms. The topological polar surface area (TPSA) is 90.9 Å². The van der Waals surface area contributed by atoms with Crippen molar-refractivity contribution in [3.8, 4) is 0 Å². The molecule has 0 aliphatic carbocycles. The van der Waals surface area contributed by atoms with Crippen LogP contribution in [0, 0.1) is 11.7 Å². The van der Waals surface area contributed by atoms with Gasteiger partial charge in [-0.05, 0) is 37.0 Å². The average Bonchev–Trinajstić information content (AvgIpc) is 2.95. The molecule has 0 saturated carbocycles. The van der Waals surface area contributed by atoms with Crippen LogP contribution in [-0.2, 0) is 9.59 Å². The Hall–Kier alpha value is -3.55. The van der Waals surface area contributed by atoms with Gasteiger partial charge in [0.15, 0.2) is 0 Å². The molecule has 38 heavy (non-hydrogen) atoms. The van der Waals surface area contributed by atoms with Gasteiger partial charge in [-0.15, -0.1) is 0 Å². The number of hydrazone groups is 1. The van der Waals surface area contributed by atoms with Crippen molar-refractivity contribution in [2.24, 2.45) is 11.0 Å². The maximum atomic E-state index is 14.0. The molecule has 1 atom stereocenters. The average molecular weight is 523 g/mol. The fraction of sp³-hybridized carbons (Fsp3) is 0.467. The van der Waals surface area contributed by atoms with E-state index in [0.29, 0.717) is 31.6 Å². The van der Waals surface area contributed by atoms with Gasteiger partial charge < -0.3 is 10.2 Å². The predicted molar refractivity (Wildman–Crippen MR) is 147 cm³/mol. The molecule has 0 bridgehead atoms. The van der Waals surface area contributed by atoms with E-state index in [2.05, 4.69) is 22.8 Å². The molecule has 1 aliphatic rings. The number of rotatable bonds is 13. The quantitative estimate of drug-likeness (QED) is 0.219. The van der Waals surface area contributed by atoms with E-state index in [1.54, 1.807) is 11.0 Å². The van der Waals surface area contributed by atoms with Gasteiger partial charge in [-0.2, -0.15) is 5.10 Å². The molecule has 2 N–H and O–H groups in total. The van der Waals surface area contributed by atoms with E-state index in [9.17, 15) is 18.8 Å². The third-order valence-electron chi connectivity index (χ3n) is 6.83. The lowest BCUT2D eigenvalue weighted by molar-refractivity contribution is -0.135. The molecule has 3 rings (SSSR count). The first kappa shape index (κ1) is 29.0. The Kier molecular flexibility index (Phi) is 11.9. The summed E-state index contributed by atoms with van der Waals surface area (Å²) in [5.41, 5.74) is 3.75. The van der Waals surface area contributed by atoms with Crippen molar-refractivity contribution in [3.05, 3.63) is 71.5 Å². The summed E-state index contributed by atoms with van der Waals surface area (Å²) >= 11 is 0.